The van der Waals surface area contributed by atoms with Crippen LogP contribution in [0.25, 0.3) is 0 Å². The molecule has 2 heterocycles. The Morgan fingerprint density at radius 2 is 1.04 bits per heavy atom. The number of hydrogen-bond donors (Lipinski definition) is 0. The molecule has 2 amide bonds. The van der Waals surface area contributed by atoms with Gasteiger partial charge in [0, 0.05) is 26.2 Å². The molecule has 4 aliphatic rings. The Bertz CT molecular complexity index is 459. The summed E-state index contributed by atoms with van der Waals surface area (Å²) in [5, 5.41) is 0. The van der Waals surface area contributed by atoms with E-state index in [4.69, 9.17) is 0 Å². The Labute approximate surface area is 138 Å². The Morgan fingerprint density at radius 1 is 0.652 bits per heavy atom. The second-order valence-corrected chi connectivity index (χ2v) is 7.77. The number of piperidine rings is 2. The summed E-state index contributed by atoms with van der Waals surface area (Å²) in [6.07, 6.45) is 12.4. The molecule has 1 saturated carbocycles. The molecule has 23 heavy (non-hydrogen) atoms. The maximum absolute atomic E-state index is 13.1. The zero-order valence-electron chi connectivity index (χ0n) is 14.0. The molecule has 2 aliphatic heterocycles. The van der Waals surface area contributed by atoms with E-state index in [1.807, 2.05) is 9.80 Å². The van der Waals surface area contributed by atoms with Crippen molar-refractivity contribution in [2.45, 2.75) is 44.9 Å². The first-order valence-electron chi connectivity index (χ1n) is 9.51. The summed E-state index contributed by atoms with van der Waals surface area (Å²) in [6.45, 7) is 3.56. The van der Waals surface area contributed by atoms with E-state index in [0.717, 1.165) is 58.3 Å². The van der Waals surface area contributed by atoms with Gasteiger partial charge in [-0.1, -0.05) is 12.2 Å². The van der Waals surface area contributed by atoms with E-state index >= 15 is 0 Å². The number of allylic oxidation sites excluding steroid dienone is 2. The van der Waals surface area contributed by atoms with Gasteiger partial charge >= 0.3 is 0 Å². The van der Waals surface area contributed by atoms with Crippen LogP contribution >= 0.6 is 0 Å². The van der Waals surface area contributed by atoms with Gasteiger partial charge in [0.05, 0.1) is 11.8 Å². The van der Waals surface area contributed by atoms with Gasteiger partial charge in [0.15, 0.2) is 0 Å². The lowest BCUT2D eigenvalue weighted by Gasteiger charge is -2.37. The molecule has 0 unspecified atom stereocenters. The topological polar surface area (TPSA) is 40.6 Å². The second kappa shape index (κ2) is 6.29. The number of amides is 2. The second-order valence-electron chi connectivity index (χ2n) is 7.77. The van der Waals surface area contributed by atoms with Crippen molar-refractivity contribution in [3.05, 3.63) is 12.2 Å². The molecule has 2 aliphatic carbocycles. The molecule has 4 atom stereocenters. The van der Waals surface area contributed by atoms with E-state index in [1.165, 1.54) is 12.8 Å². The SMILES string of the molecule is O=C([C@@H]1[C@H](C(=O)N2CCCCC2)[C@H]2C=C[C@H]1C2)N1CCCCC1. The molecule has 126 valence electrons. The van der Waals surface area contributed by atoms with Gasteiger partial charge in [-0.3, -0.25) is 9.59 Å². The fraction of sp³-hybridized carbons (Fsp3) is 0.789. The molecule has 2 saturated heterocycles. The maximum atomic E-state index is 13.1. The zero-order chi connectivity index (χ0) is 15.8. The van der Waals surface area contributed by atoms with Crippen LogP contribution in [0.5, 0.6) is 0 Å². The highest BCUT2D eigenvalue weighted by Gasteiger charge is 2.53. The third-order valence-corrected chi connectivity index (χ3v) is 6.37. The predicted molar refractivity (Wildman–Crippen MR) is 88.6 cm³/mol. The lowest BCUT2D eigenvalue weighted by atomic mass is 9.80. The van der Waals surface area contributed by atoms with E-state index < -0.39 is 0 Å². The van der Waals surface area contributed by atoms with Gasteiger partial charge in [0.2, 0.25) is 11.8 Å². The van der Waals surface area contributed by atoms with E-state index in [1.54, 1.807) is 0 Å². The fourth-order valence-electron chi connectivity index (χ4n) is 5.15. The molecular formula is C19H28N2O2. The zero-order valence-corrected chi connectivity index (χ0v) is 14.0. The Hall–Kier alpha value is -1.32. The highest BCUT2D eigenvalue weighted by molar-refractivity contribution is 5.90. The van der Waals surface area contributed by atoms with Crippen molar-refractivity contribution >= 4 is 11.8 Å². The van der Waals surface area contributed by atoms with Gasteiger partial charge in [-0.15, -0.1) is 0 Å². The highest BCUT2D eigenvalue weighted by atomic mass is 16.2. The normalized spacial score (nSPS) is 36.5. The van der Waals surface area contributed by atoms with Crippen molar-refractivity contribution < 1.29 is 9.59 Å². The van der Waals surface area contributed by atoms with Crippen LogP contribution in [0.2, 0.25) is 0 Å². The summed E-state index contributed by atoms with van der Waals surface area (Å²) in [4.78, 5) is 30.3. The standard InChI is InChI=1S/C19H28N2O2/c22-18(20-9-3-1-4-10-20)16-14-7-8-15(13-14)17(16)19(23)21-11-5-2-6-12-21/h7-8,14-17H,1-6,9-13H2/t14-,15-,16-,17+/m0/s1. The number of rotatable bonds is 2. The van der Waals surface area contributed by atoms with Crippen molar-refractivity contribution in [2.75, 3.05) is 26.2 Å². The number of fused-ring (bicyclic) bond motifs is 2. The summed E-state index contributed by atoms with van der Waals surface area (Å²) in [5.74, 6) is 0.949. The molecule has 0 radical (unpaired) electrons. The van der Waals surface area contributed by atoms with Crippen molar-refractivity contribution in [1.82, 2.24) is 9.80 Å². The van der Waals surface area contributed by atoms with E-state index in [-0.39, 0.29) is 23.7 Å². The summed E-state index contributed by atoms with van der Waals surface area (Å²) in [5.41, 5.74) is 0. The number of hydrogen-bond acceptors (Lipinski definition) is 2. The molecule has 4 nitrogen and oxygen atoms in total. The van der Waals surface area contributed by atoms with Crippen LogP contribution in [-0.4, -0.2) is 47.8 Å². The molecule has 0 aromatic heterocycles. The van der Waals surface area contributed by atoms with Crippen molar-refractivity contribution in [3.8, 4) is 0 Å². The lowest BCUT2D eigenvalue weighted by Crippen LogP contribution is -2.49. The third kappa shape index (κ3) is 2.70. The number of carbonyl (C=O) groups excluding carboxylic acids is 2. The largest absolute Gasteiger partial charge is 0.342 e. The number of carbonyl (C=O) groups is 2. The first kappa shape index (κ1) is 15.2. The van der Waals surface area contributed by atoms with Gasteiger partial charge in [-0.25, -0.2) is 0 Å². The Balaban J connectivity index is 1.53. The van der Waals surface area contributed by atoms with Crippen LogP contribution in [0.15, 0.2) is 12.2 Å². The monoisotopic (exact) mass is 316 g/mol. The van der Waals surface area contributed by atoms with Crippen molar-refractivity contribution in [1.29, 1.82) is 0 Å². The summed E-state index contributed by atoms with van der Waals surface area (Å²) in [6, 6.07) is 0. The quantitative estimate of drug-likeness (QED) is 0.734. The molecule has 4 heteroatoms. The first-order valence-corrected chi connectivity index (χ1v) is 9.51. The highest BCUT2D eigenvalue weighted by Crippen LogP contribution is 2.49. The minimum atomic E-state index is -0.0856. The first-order chi connectivity index (χ1) is 11.3. The van der Waals surface area contributed by atoms with E-state index in [0.29, 0.717) is 11.8 Å². The van der Waals surface area contributed by atoms with Gasteiger partial charge in [-0.2, -0.15) is 0 Å². The predicted octanol–water partition coefficient (Wildman–Crippen LogP) is 2.45. The van der Waals surface area contributed by atoms with Crippen LogP contribution < -0.4 is 0 Å². The van der Waals surface area contributed by atoms with Crippen LogP contribution in [0.3, 0.4) is 0 Å². The van der Waals surface area contributed by atoms with Crippen LogP contribution in [-0.2, 0) is 9.59 Å². The average molecular weight is 316 g/mol. The summed E-state index contributed by atoms with van der Waals surface area (Å²) in [7, 11) is 0. The number of nitrogens with zero attached hydrogens (tertiary/aromatic N) is 2. The minimum Gasteiger partial charge on any atom is -0.342 e. The minimum absolute atomic E-state index is 0.0856. The smallest absolute Gasteiger partial charge is 0.227 e. The van der Waals surface area contributed by atoms with Gasteiger partial charge in [-0.05, 0) is 56.8 Å². The molecule has 0 spiro atoms. The van der Waals surface area contributed by atoms with Gasteiger partial charge in [0.1, 0.15) is 0 Å². The van der Waals surface area contributed by atoms with E-state index in [2.05, 4.69) is 12.2 Å². The molecule has 4 rings (SSSR count). The van der Waals surface area contributed by atoms with Crippen LogP contribution in [0.1, 0.15) is 44.9 Å². The molecule has 0 aromatic rings. The van der Waals surface area contributed by atoms with Crippen molar-refractivity contribution in [2.24, 2.45) is 23.7 Å². The van der Waals surface area contributed by atoms with E-state index in [9.17, 15) is 9.59 Å². The molecule has 0 aromatic carbocycles. The fourth-order valence-corrected chi connectivity index (χ4v) is 5.15. The van der Waals surface area contributed by atoms with Gasteiger partial charge < -0.3 is 9.80 Å². The lowest BCUT2D eigenvalue weighted by molar-refractivity contribution is -0.148. The molecular weight excluding hydrogens is 288 g/mol. The Kier molecular flexibility index (Phi) is 4.16. The van der Waals surface area contributed by atoms with Gasteiger partial charge in [0.25, 0.3) is 0 Å². The third-order valence-electron chi connectivity index (χ3n) is 6.37. The summed E-state index contributed by atoms with van der Waals surface area (Å²) >= 11 is 0. The maximum Gasteiger partial charge on any atom is 0.227 e. The Morgan fingerprint density at radius 3 is 1.43 bits per heavy atom. The molecule has 3 fully saturated rings. The van der Waals surface area contributed by atoms with Crippen LogP contribution in [0, 0.1) is 23.7 Å². The van der Waals surface area contributed by atoms with Crippen molar-refractivity contribution in [3.63, 3.8) is 0 Å². The average Bonchev–Trinajstić information content (AvgIpc) is 3.23. The number of likely N-dealkylation sites (tertiary alicyclic amines) is 2. The molecule has 2 bridgehead atoms. The summed E-state index contributed by atoms with van der Waals surface area (Å²) < 4.78 is 0. The van der Waals surface area contributed by atoms with Crippen LogP contribution in [0.4, 0.5) is 0 Å². The molecule has 0 N–H and O–H groups in total.